The average Bonchev–Trinajstić information content (AvgIpc) is 2.55. The minimum absolute atomic E-state index is 0.0609. The molecule has 2 aromatic carbocycles. The van der Waals surface area contributed by atoms with Gasteiger partial charge in [0.15, 0.2) is 0 Å². The zero-order valence-electron chi connectivity index (χ0n) is 12.3. The number of nitro groups is 1. The molecule has 0 radical (unpaired) electrons. The van der Waals surface area contributed by atoms with Crippen LogP contribution in [0.15, 0.2) is 48.5 Å². The average molecular weight is 334 g/mol. The number of anilines is 1. The largest absolute Gasteiger partial charge is 0.385 e. The van der Waals surface area contributed by atoms with Gasteiger partial charge < -0.3 is 10.6 Å². The molecule has 7 heteroatoms. The molecule has 2 aromatic rings. The first-order valence-electron chi connectivity index (χ1n) is 7.08. The normalized spacial score (nSPS) is 10.1. The minimum Gasteiger partial charge on any atom is -0.385 e. The highest BCUT2D eigenvalue weighted by Gasteiger charge is 2.05. The molecule has 2 rings (SSSR count). The number of benzene rings is 2. The molecule has 0 heterocycles. The van der Waals surface area contributed by atoms with Gasteiger partial charge in [-0.3, -0.25) is 14.9 Å². The number of nitrogens with one attached hydrogen (secondary N) is 2. The number of non-ortho nitro benzene ring substituents is 1. The van der Waals surface area contributed by atoms with Crippen LogP contribution in [0.1, 0.15) is 16.8 Å². The van der Waals surface area contributed by atoms with Crippen LogP contribution in [0.5, 0.6) is 0 Å². The van der Waals surface area contributed by atoms with E-state index < -0.39 is 4.92 Å². The summed E-state index contributed by atoms with van der Waals surface area (Å²) in [4.78, 5) is 22.0. The molecule has 6 nitrogen and oxygen atoms in total. The summed E-state index contributed by atoms with van der Waals surface area (Å²) in [6.07, 6.45) is 0.732. The lowest BCUT2D eigenvalue weighted by atomic mass is 10.2. The summed E-state index contributed by atoms with van der Waals surface area (Å²) in [6.45, 7) is 1.18. The highest BCUT2D eigenvalue weighted by molar-refractivity contribution is 6.30. The van der Waals surface area contributed by atoms with E-state index >= 15 is 0 Å². The van der Waals surface area contributed by atoms with E-state index in [-0.39, 0.29) is 11.6 Å². The highest BCUT2D eigenvalue weighted by atomic mass is 35.5. The number of nitro benzene ring substituents is 1. The van der Waals surface area contributed by atoms with E-state index in [1.165, 1.54) is 12.1 Å². The van der Waals surface area contributed by atoms with Crippen LogP contribution in [-0.4, -0.2) is 23.9 Å². The molecule has 2 N–H and O–H groups in total. The summed E-state index contributed by atoms with van der Waals surface area (Å²) in [6, 6.07) is 12.9. The predicted octanol–water partition coefficient (Wildman–Crippen LogP) is 3.48. The number of carbonyl (C=O) groups excluding carboxylic acids is 1. The Labute approximate surface area is 138 Å². The molecular formula is C16H16ClN3O3. The van der Waals surface area contributed by atoms with E-state index in [4.69, 9.17) is 11.6 Å². The Hall–Kier alpha value is -2.60. The Morgan fingerprint density at radius 2 is 1.70 bits per heavy atom. The highest BCUT2D eigenvalue weighted by Crippen LogP contribution is 2.15. The van der Waals surface area contributed by atoms with E-state index in [1.54, 1.807) is 36.4 Å². The van der Waals surface area contributed by atoms with E-state index in [0.29, 0.717) is 23.7 Å². The molecule has 0 bridgehead atoms. The van der Waals surface area contributed by atoms with Crippen molar-refractivity contribution in [3.8, 4) is 0 Å². The van der Waals surface area contributed by atoms with Crippen molar-refractivity contribution in [2.24, 2.45) is 0 Å². The van der Waals surface area contributed by atoms with E-state index in [0.717, 1.165) is 12.1 Å². The van der Waals surface area contributed by atoms with Crippen LogP contribution in [-0.2, 0) is 0 Å². The van der Waals surface area contributed by atoms with Gasteiger partial charge >= 0.3 is 0 Å². The van der Waals surface area contributed by atoms with Crippen molar-refractivity contribution in [3.05, 3.63) is 69.2 Å². The fraction of sp³-hybridized carbons (Fsp3) is 0.188. The van der Waals surface area contributed by atoms with Crippen LogP contribution in [0.4, 0.5) is 11.4 Å². The van der Waals surface area contributed by atoms with Crippen molar-refractivity contribution in [1.82, 2.24) is 5.32 Å². The third-order valence-electron chi connectivity index (χ3n) is 3.15. The number of carbonyl (C=O) groups is 1. The number of hydrogen-bond acceptors (Lipinski definition) is 4. The van der Waals surface area contributed by atoms with Gasteiger partial charge in [-0.05, 0) is 42.8 Å². The summed E-state index contributed by atoms with van der Waals surface area (Å²) >= 11 is 5.77. The van der Waals surface area contributed by atoms with Gasteiger partial charge in [-0.15, -0.1) is 0 Å². The Morgan fingerprint density at radius 3 is 2.30 bits per heavy atom. The van der Waals surface area contributed by atoms with Gasteiger partial charge in [0.05, 0.1) is 4.92 Å². The second kappa shape index (κ2) is 8.14. The van der Waals surface area contributed by atoms with Gasteiger partial charge in [-0.25, -0.2) is 0 Å². The molecule has 0 saturated heterocycles. The van der Waals surface area contributed by atoms with Crippen LogP contribution in [0.3, 0.4) is 0 Å². The summed E-state index contributed by atoms with van der Waals surface area (Å²) in [5.41, 5.74) is 1.43. The first-order valence-corrected chi connectivity index (χ1v) is 7.46. The molecule has 0 saturated carbocycles. The second-order valence-corrected chi connectivity index (χ2v) is 5.28. The van der Waals surface area contributed by atoms with Crippen LogP contribution in [0.2, 0.25) is 5.02 Å². The van der Waals surface area contributed by atoms with E-state index in [2.05, 4.69) is 10.6 Å². The van der Waals surface area contributed by atoms with Crippen molar-refractivity contribution in [2.75, 3.05) is 18.4 Å². The Kier molecular flexibility index (Phi) is 5.94. The topological polar surface area (TPSA) is 84.3 Å². The van der Waals surface area contributed by atoms with Crippen LogP contribution in [0.25, 0.3) is 0 Å². The Bertz CT molecular complexity index is 672. The summed E-state index contributed by atoms with van der Waals surface area (Å²) < 4.78 is 0. The third kappa shape index (κ3) is 5.27. The summed E-state index contributed by atoms with van der Waals surface area (Å²) in [5, 5.41) is 17.1. The molecule has 0 atom stereocenters. The zero-order valence-corrected chi connectivity index (χ0v) is 13.0. The van der Waals surface area contributed by atoms with Gasteiger partial charge in [0.25, 0.3) is 11.6 Å². The first kappa shape index (κ1) is 16.8. The molecule has 23 heavy (non-hydrogen) atoms. The minimum atomic E-state index is -0.434. The fourth-order valence-corrected chi connectivity index (χ4v) is 2.05. The Balaban J connectivity index is 1.68. The van der Waals surface area contributed by atoms with Crippen LogP contribution >= 0.6 is 11.6 Å². The standard InChI is InChI=1S/C16H16ClN3O3/c17-13-4-2-12(3-5-13)16(21)19-11-1-10-18-14-6-8-15(9-7-14)20(22)23/h2-9,18H,1,10-11H2,(H,19,21). The van der Waals surface area contributed by atoms with Crippen molar-refractivity contribution < 1.29 is 9.72 Å². The van der Waals surface area contributed by atoms with Crippen molar-refractivity contribution >= 4 is 28.9 Å². The fourth-order valence-electron chi connectivity index (χ4n) is 1.93. The molecule has 0 aliphatic carbocycles. The van der Waals surface area contributed by atoms with Crippen molar-refractivity contribution in [1.29, 1.82) is 0 Å². The molecule has 0 aromatic heterocycles. The van der Waals surface area contributed by atoms with Gasteiger partial charge in [-0.1, -0.05) is 11.6 Å². The van der Waals surface area contributed by atoms with Crippen molar-refractivity contribution in [2.45, 2.75) is 6.42 Å². The lowest BCUT2D eigenvalue weighted by Crippen LogP contribution is -2.25. The smallest absolute Gasteiger partial charge is 0.269 e. The van der Waals surface area contributed by atoms with Crippen LogP contribution < -0.4 is 10.6 Å². The van der Waals surface area contributed by atoms with E-state index in [1.807, 2.05) is 0 Å². The maximum atomic E-state index is 11.9. The summed E-state index contributed by atoms with van der Waals surface area (Å²) in [7, 11) is 0. The molecule has 0 aliphatic rings. The van der Waals surface area contributed by atoms with Gasteiger partial charge in [-0.2, -0.15) is 0 Å². The lowest BCUT2D eigenvalue weighted by Gasteiger charge is -2.07. The number of halogens is 1. The molecular weight excluding hydrogens is 318 g/mol. The molecule has 0 aliphatic heterocycles. The second-order valence-electron chi connectivity index (χ2n) is 4.85. The number of nitrogens with zero attached hydrogens (tertiary/aromatic N) is 1. The molecule has 0 spiro atoms. The number of amides is 1. The summed E-state index contributed by atoms with van der Waals surface area (Å²) in [5.74, 6) is -0.142. The van der Waals surface area contributed by atoms with E-state index in [9.17, 15) is 14.9 Å². The quantitative estimate of drug-likeness (QED) is 0.461. The Morgan fingerprint density at radius 1 is 1.04 bits per heavy atom. The van der Waals surface area contributed by atoms with Crippen molar-refractivity contribution in [3.63, 3.8) is 0 Å². The van der Waals surface area contributed by atoms with Crippen LogP contribution in [0, 0.1) is 10.1 Å². The van der Waals surface area contributed by atoms with Gasteiger partial charge in [0.1, 0.15) is 0 Å². The SMILES string of the molecule is O=C(NCCCNc1ccc([N+](=O)[O-])cc1)c1ccc(Cl)cc1. The predicted molar refractivity (Wildman–Crippen MR) is 90.0 cm³/mol. The molecule has 0 fully saturated rings. The lowest BCUT2D eigenvalue weighted by molar-refractivity contribution is -0.384. The molecule has 1 amide bonds. The maximum Gasteiger partial charge on any atom is 0.269 e. The third-order valence-corrected chi connectivity index (χ3v) is 3.40. The monoisotopic (exact) mass is 333 g/mol. The maximum absolute atomic E-state index is 11.9. The number of hydrogen-bond donors (Lipinski definition) is 2. The van der Waals surface area contributed by atoms with Gasteiger partial charge in [0.2, 0.25) is 0 Å². The number of rotatable bonds is 7. The molecule has 0 unspecified atom stereocenters. The molecule has 120 valence electrons. The first-order chi connectivity index (χ1) is 11.1. The zero-order chi connectivity index (χ0) is 16.7. The van der Waals surface area contributed by atoms with Gasteiger partial charge in [0, 0.05) is 41.5 Å².